The van der Waals surface area contributed by atoms with Gasteiger partial charge in [-0.25, -0.2) is 16.8 Å². The number of hydrogen-bond donors (Lipinski definition) is 1. The molecular weight excluding hydrogens is 561 g/mol. The van der Waals surface area contributed by atoms with E-state index in [0.29, 0.717) is 0 Å². The molecule has 0 aliphatic heterocycles. The molecule has 0 heterocycles. The molecule has 11 nitrogen and oxygen atoms in total. The molecule has 0 saturated heterocycles. The Kier molecular flexibility index (Phi) is 17.7. The maximum absolute atomic E-state index is 12.2. The van der Waals surface area contributed by atoms with E-state index in [9.17, 15) is 43.2 Å². The summed E-state index contributed by atoms with van der Waals surface area (Å²) in [7, 11) is -11.2. The predicted molar refractivity (Wildman–Crippen MR) is 114 cm³/mol. The summed E-state index contributed by atoms with van der Waals surface area (Å²) in [5.74, 6) is 0. The molecule has 0 saturated carbocycles. The van der Waals surface area contributed by atoms with Crippen molar-refractivity contribution in [3.63, 3.8) is 0 Å². The first-order valence-electron chi connectivity index (χ1n) is 10.4. The minimum absolute atomic E-state index is 0. The second-order valence-corrected chi connectivity index (χ2v) is 11.1. The van der Waals surface area contributed by atoms with Crippen molar-refractivity contribution in [1.82, 2.24) is 4.89 Å². The van der Waals surface area contributed by atoms with Crippen molar-refractivity contribution < 1.29 is 85.8 Å². The molecule has 0 bridgehead atoms. The van der Waals surface area contributed by atoms with Crippen molar-refractivity contribution in [2.24, 2.45) is 0 Å². The van der Waals surface area contributed by atoms with Crippen molar-refractivity contribution in [2.75, 3.05) is 33.0 Å². The van der Waals surface area contributed by atoms with Crippen LogP contribution in [0.2, 0.25) is 0 Å². The normalized spacial score (nSPS) is 17.5. The van der Waals surface area contributed by atoms with Crippen molar-refractivity contribution in [1.29, 1.82) is 0 Å². The van der Waals surface area contributed by atoms with Crippen LogP contribution < -0.4 is 23.7 Å². The molecule has 0 aliphatic carbocycles. The molecule has 0 rings (SSSR count). The fourth-order valence-corrected chi connectivity index (χ4v) is 2.84. The Morgan fingerprint density at radius 1 is 0.649 bits per heavy atom. The number of hydrogen-bond acceptors (Lipinski definition) is 9. The number of sulfonamides is 2. The summed E-state index contributed by atoms with van der Waals surface area (Å²) in [6, 6.07) is 0. The summed E-state index contributed by atoms with van der Waals surface area (Å²) >= 11 is 0. The molecule has 0 radical (unpaired) electrons. The van der Waals surface area contributed by atoms with Crippen LogP contribution in [0, 0.1) is 0 Å². The van der Waals surface area contributed by atoms with Crippen molar-refractivity contribution in [2.45, 2.75) is 76.2 Å². The summed E-state index contributed by atoms with van der Waals surface area (Å²) in [6.45, 7) is 6.68. The van der Waals surface area contributed by atoms with Gasteiger partial charge in [0.2, 0.25) is 0 Å². The maximum atomic E-state index is 12.2. The average Bonchev–Trinajstić information content (AvgIpc) is 2.74. The topological polar surface area (TPSA) is 141 Å². The largest absolute Gasteiger partial charge is 1.00 e. The SMILES string of the molecule is CC(C[N-]S(=O)(=O)C(F)(F)F)OCC(C)OCC(C)OCC(C)OCC(C)ONS(=O)(=O)C(F)(F)F.[Li+]. The summed E-state index contributed by atoms with van der Waals surface area (Å²) in [4.78, 5) is 5.39. The molecule has 20 heteroatoms. The molecule has 0 aliphatic rings. The van der Waals surface area contributed by atoms with Gasteiger partial charge in [0.15, 0.2) is 10.0 Å². The van der Waals surface area contributed by atoms with Crippen LogP contribution in [0.25, 0.3) is 4.72 Å². The molecule has 5 unspecified atom stereocenters. The maximum Gasteiger partial charge on any atom is 1.00 e. The van der Waals surface area contributed by atoms with E-state index < -0.39 is 68.1 Å². The first kappa shape index (κ1) is 38.9. The monoisotopic (exact) mass is 592 g/mol. The summed E-state index contributed by atoms with van der Waals surface area (Å²) < 4.78 is 141. The minimum atomic E-state index is -5.63. The summed E-state index contributed by atoms with van der Waals surface area (Å²) in [6.07, 6.45) is -3.42. The first-order valence-corrected chi connectivity index (χ1v) is 13.3. The zero-order valence-electron chi connectivity index (χ0n) is 21.1. The van der Waals surface area contributed by atoms with Gasteiger partial charge in [0, 0.05) is 6.10 Å². The van der Waals surface area contributed by atoms with Crippen LogP contribution in [0.1, 0.15) is 34.6 Å². The van der Waals surface area contributed by atoms with E-state index in [0.717, 1.165) is 4.89 Å². The van der Waals surface area contributed by atoms with E-state index in [4.69, 9.17) is 18.9 Å². The van der Waals surface area contributed by atoms with E-state index in [-0.39, 0.29) is 45.3 Å². The number of ether oxygens (including phenoxy) is 4. The van der Waals surface area contributed by atoms with Gasteiger partial charge in [-0.05, 0) is 34.6 Å². The first-order chi connectivity index (χ1) is 16.2. The number of nitrogens with one attached hydrogen (secondary N) is 1. The van der Waals surface area contributed by atoms with E-state index in [1.54, 1.807) is 20.8 Å². The van der Waals surface area contributed by atoms with Gasteiger partial charge in [-0.1, -0.05) is 4.89 Å². The van der Waals surface area contributed by atoms with Crippen LogP contribution in [0.4, 0.5) is 26.3 Å². The fourth-order valence-electron chi connectivity index (χ4n) is 1.90. The number of rotatable bonds is 18. The van der Waals surface area contributed by atoms with Gasteiger partial charge in [-0.3, -0.25) is 4.84 Å². The van der Waals surface area contributed by atoms with Gasteiger partial charge in [0.1, 0.15) is 6.10 Å². The van der Waals surface area contributed by atoms with Crippen LogP contribution in [0.5, 0.6) is 0 Å². The third-order valence-corrected chi connectivity index (χ3v) is 5.92. The second kappa shape index (κ2) is 16.8. The van der Waals surface area contributed by atoms with E-state index >= 15 is 0 Å². The quantitative estimate of drug-likeness (QED) is 0.128. The van der Waals surface area contributed by atoms with Gasteiger partial charge in [0.05, 0.1) is 44.7 Å². The van der Waals surface area contributed by atoms with Crippen molar-refractivity contribution in [3.8, 4) is 0 Å². The Morgan fingerprint density at radius 2 is 1.00 bits per heavy atom. The van der Waals surface area contributed by atoms with E-state index in [1.807, 2.05) is 0 Å². The van der Waals surface area contributed by atoms with Crippen LogP contribution in [0.3, 0.4) is 0 Å². The minimum Gasteiger partial charge on any atom is -0.539 e. The standard InChI is InChI=1S/C17H31F6N2O9S2.Li/c1-11(6-24-35(26,27)16(18,19)20)30-7-12(2)31-8-13(3)32-9-14(4)33-10-15(5)34-25-36(28,29)17(21,22)23;/h11-15,25H,6-10H2,1-5H3;/q-1;+1. The third kappa shape index (κ3) is 16.5. The van der Waals surface area contributed by atoms with Gasteiger partial charge in [-0.15, -0.1) is 6.54 Å². The molecule has 1 N–H and O–H groups in total. The van der Waals surface area contributed by atoms with Gasteiger partial charge >= 0.3 is 39.9 Å². The number of halogens is 6. The van der Waals surface area contributed by atoms with Crippen molar-refractivity contribution >= 4 is 20.0 Å². The Balaban J connectivity index is 0. The molecule has 0 aromatic carbocycles. The Hall–Kier alpha value is -0.203. The van der Waals surface area contributed by atoms with Crippen LogP contribution in [0.15, 0.2) is 0 Å². The molecule has 0 spiro atoms. The number of nitrogens with zero attached hydrogens (tertiary/aromatic N) is 1. The molecule has 0 aromatic rings. The van der Waals surface area contributed by atoms with E-state index in [2.05, 4.69) is 9.56 Å². The molecule has 5 atom stereocenters. The molecule has 0 aromatic heterocycles. The predicted octanol–water partition coefficient (Wildman–Crippen LogP) is -0.407. The van der Waals surface area contributed by atoms with Crippen molar-refractivity contribution in [3.05, 3.63) is 4.72 Å². The molecule has 37 heavy (non-hydrogen) atoms. The molecule has 0 fully saturated rings. The fraction of sp³-hybridized carbons (Fsp3) is 1.00. The summed E-state index contributed by atoms with van der Waals surface area (Å²) in [5, 5.41) is 0. The summed E-state index contributed by atoms with van der Waals surface area (Å²) in [5.41, 5.74) is -11.0. The van der Waals surface area contributed by atoms with Gasteiger partial charge in [0.25, 0.3) is 0 Å². The Bertz CT molecular complexity index is 779. The number of alkyl halides is 6. The van der Waals surface area contributed by atoms with Crippen LogP contribution in [-0.2, 0) is 43.8 Å². The zero-order chi connectivity index (χ0) is 28.4. The Morgan fingerprint density at radius 3 is 1.35 bits per heavy atom. The third-order valence-electron chi connectivity index (χ3n) is 3.92. The smallest absolute Gasteiger partial charge is 0.539 e. The zero-order valence-corrected chi connectivity index (χ0v) is 22.8. The second-order valence-electron chi connectivity index (χ2n) is 7.77. The van der Waals surface area contributed by atoms with E-state index in [1.165, 1.54) is 13.8 Å². The van der Waals surface area contributed by atoms with Crippen LogP contribution >= 0.6 is 0 Å². The van der Waals surface area contributed by atoms with Gasteiger partial charge < -0.3 is 23.7 Å². The Labute approximate surface area is 224 Å². The molecule has 0 amide bonds. The van der Waals surface area contributed by atoms with Crippen LogP contribution in [-0.4, -0.2) is 91.3 Å². The molecule has 218 valence electrons. The molecular formula is C17H31F6LiN2O9S2. The van der Waals surface area contributed by atoms with Gasteiger partial charge in [-0.2, -0.15) is 26.3 Å². The average molecular weight is 593 g/mol.